The second kappa shape index (κ2) is 6.29. The molecule has 2 aromatic rings. The van der Waals surface area contributed by atoms with Crippen molar-refractivity contribution in [1.82, 2.24) is 10.2 Å². The van der Waals surface area contributed by atoms with Crippen molar-refractivity contribution in [2.75, 3.05) is 26.7 Å². The molecule has 0 spiro atoms. The number of aliphatic imine (C=N–C) groups is 1. The molecule has 4 atom stereocenters. The van der Waals surface area contributed by atoms with E-state index in [1.54, 1.807) is 0 Å². The molecule has 3 saturated heterocycles. The van der Waals surface area contributed by atoms with E-state index in [1.165, 1.54) is 28.5 Å². The molecular weight excluding hydrogens is 330 g/mol. The minimum Gasteiger partial charge on any atom is -0.374 e. The number of rotatable bonds is 3. The summed E-state index contributed by atoms with van der Waals surface area (Å²) in [7, 11) is 1.90. The van der Waals surface area contributed by atoms with Crippen LogP contribution < -0.4 is 5.32 Å². The Morgan fingerprint density at radius 1 is 1.24 bits per heavy atom. The molecule has 1 aromatic carbocycles. The summed E-state index contributed by atoms with van der Waals surface area (Å²) in [6.45, 7) is 3.14. The number of ether oxygens (including phenoxy) is 1. The van der Waals surface area contributed by atoms with E-state index in [1.807, 2.05) is 18.4 Å². The minimum absolute atomic E-state index is 0.510. The van der Waals surface area contributed by atoms with E-state index in [4.69, 9.17) is 4.74 Å². The summed E-state index contributed by atoms with van der Waals surface area (Å²) < 4.78 is 7.47. The lowest BCUT2D eigenvalue weighted by Gasteiger charge is -2.23. The van der Waals surface area contributed by atoms with Crippen molar-refractivity contribution < 1.29 is 4.74 Å². The Kier molecular flexibility index (Phi) is 3.94. The number of thiophene rings is 1. The maximum atomic E-state index is 6.09. The van der Waals surface area contributed by atoms with Gasteiger partial charge in [-0.15, -0.1) is 11.3 Å². The number of nitrogens with zero attached hydrogens (tertiary/aromatic N) is 2. The Bertz CT molecular complexity index is 783. The standard InChI is InChI=1S/C20H25N3OS/c1-21-20(23-10-15-16(11-23)18-7-6-17(15)24-18)22-9-8-13-12-25-19-5-3-2-4-14(13)19/h2-5,12,15-18H,6-11H2,1H3,(H,21,22). The van der Waals surface area contributed by atoms with E-state index in [0.717, 1.165) is 43.9 Å². The van der Waals surface area contributed by atoms with E-state index in [2.05, 4.69) is 44.9 Å². The smallest absolute Gasteiger partial charge is 0.193 e. The zero-order valence-electron chi connectivity index (χ0n) is 14.6. The van der Waals surface area contributed by atoms with Crippen LogP contribution in [-0.2, 0) is 11.2 Å². The Morgan fingerprint density at radius 3 is 2.76 bits per heavy atom. The fourth-order valence-corrected chi connectivity index (χ4v) is 6.00. The normalized spacial score (nSPS) is 31.1. The third-order valence-corrected chi connectivity index (χ3v) is 7.21. The van der Waals surface area contributed by atoms with Gasteiger partial charge in [-0.2, -0.15) is 0 Å². The molecule has 25 heavy (non-hydrogen) atoms. The Labute approximate surface area is 152 Å². The molecular formula is C20H25N3OS. The highest BCUT2D eigenvalue weighted by Gasteiger charge is 2.53. The van der Waals surface area contributed by atoms with Crippen molar-refractivity contribution in [3.63, 3.8) is 0 Å². The second-order valence-corrected chi connectivity index (χ2v) is 8.42. The lowest BCUT2D eigenvalue weighted by Crippen LogP contribution is -2.42. The second-order valence-electron chi connectivity index (χ2n) is 7.50. The van der Waals surface area contributed by atoms with E-state index >= 15 is 0 Å². The summed E-state index contributed by atoms with van der Waals surface area (Å²) >= 11 is 1.84. The first-order valence-electron chi connectivity index (χ1n) is 9.39. The summed E-state index contributed by atoms with van der Waals surface area (Å²) in [4.78, 5) is 7.00. The molecule has 2 bridgehead atoms. The van der Waals surface area contributed by atoms with Gasteiger partial charge in [-0.05, 0) is 41.7 Å². The fourth-order valence-electron chi connectivity index (χ4n) is 5.00. The van der Waals surface area contributed by atoms with Crippen LogP contribution in [0.2, 0.25) is 0 Å². The minimum atomic E-state index is 0.510. The summed E-state index contributed by atoms with van der Waals surface area (Å²) in [5.74, 6) is 2.50. The predicted octanol–water partition coefficient (Wildman–Crippen LogP) is 3.13. The quantitative estimate of drug-likeness (QED) is 0.679. The number of nitrogens with one attached hydrogen (secondary N) is 1. The lowest BCUT2D eigenvalue weighted by atomic mass is 9.82. The van der Waals surface area contributed by atoms with Gasteiger partial charge in [-0.3, -0.25) is 4.99 Å². The van der Waals surface area contributed by atoms with Crippen molar-refractivity contribution in [2.45, 2.75) is 31.5 Å². The van der Waals surface area contributed by atoms with Gasteiger partial charge in [-0.25, -0.2) is 0 Å². The van der Waals surface area contributed by atoms with Crippen molar-refractivity contribution in [3.8, 4) is 0 Å². The Balaban J connectivity index is 1.20. The zero-order valence-corrected chi connectivity index (χ0v) is 15.5. The molecule has 0 radical (unpaired) electrons. The van der Waals surface area contributed by atoms with Gasteiger partial charge in [0.1, 0.15) is 0 Å². The molecule has 4 unspecified atom stereocenters. The molecule has 1 aromatic heterocycles. The monoisotopic (exact) mass is 355 g/mol. The number of hydrogen-bond donors (Lipinski definition) is 1. The first-order valence-corrected chi connectivity index (χ1v) is 10.3. The van der Waals surface area contributed by atoms with E-state index in [9.17, 15) is 0 Å². The third-order valence-electron chi connectivity index (χ3n) is 6.20. The van der Waals surface area contributed by atoms with Crippen molar-refractivity contribution in [3.05, 3.63) is 35.2 Å². The molecule has 1 N–H and O–H groups in total. The topological polar surface area (TPSA) is 36.9 Å². The number of hydrogen-bond acceptors (Lipinski definition) is 3. The molecule has 0 aliphatic carbocycles. The lowest BCUT2D eigenvalue weighted by molar-refractivity contribution is 0.0767. The fraction of sp³-hybridized carbons (Fsp3) is 0.550. The van der Waals surface area contributed by atoms with Gasteiger partial charge >= 0.3 is 0 Å². The average molecular weight is 356 g/mol. The molecule has 3 aliphatic rings. The van der Waals surface area contributed by atoms with Crippen LogP contribution in [0.15, 0.2) is 34.6 Å². The van der Waals surface area contributed by atoms with Gasteiger partial charge in [0.2, 0.25) is 0 Å². The van der Waals surface area contributed by atoms with Crippen LogP contribution in [0.4, 0.5) is 0 Å². The van der Waals surface area contributed by atoms with E-state index in [0.29, 0.717) is 12.2 Å². The SMILES string of the molecule is CN=C(NCCc1csc2ccccc12)N1CC2C3CCC(O3)C2C1. The number of benzene rings is 1. The van der Waals surface area contributed by atoms with Crippen molar-refractivity contribution in [1.29, 1.82) is 0 Å². The highest BCUT2D eigenvalue weighted by atomic mass is 32.1. The number of likely N-dealkylation sites (tertiary alicyclic amines) is 1. The van der Waals surface area contributed by atoms with Crippen LogP contribution in [-0.4, -0.2) is 49.7 Å². The first kappa shape index (κ1) is 15.6. The van der Waals surface area contributed by atoms with Gasteiger partial charge in [0.05, 0.1) is 12.2 Å². The van der Waals surface area contributed by atoms with Crippen LogP contribution in [0.5, 0.6) is 0 Å². The Morgan fingerprint density at radius 2 is 2.00 bits per heavy atom. The van der Waals surface area contributed by atoms with E-state index < -0.39 is 0 Å². The van der Waals surface area contributed by atoms with Crippen molar-refractivity contribution in [2.24, 2.45) is 16.8 Å². The van der Waals surface area contributed by atoms with Crippen LogP contribution in [0, 0.1) is 11.8 Å². The molecule has 5 rings (SSSR count). The summed E-state index contributed by atoms with van der Waals surface area (Å²) in [5.41, 5.74) is 1.44. The predicted molar refractivity (Wildman–Crippen MR) is 103 cm³/mol. The number of guanidine groups is 1. The molecule has 132 valence electrons. The molecule has 3 aliphatic heterocycles. The van der Waals surface area contributed by atoms with Gasteiger partial charge in [0, 0.05) is 43.2 Å². The van der Waals surface area contributed by atoms with Crippen LogP contribution in [0.25, 0.3) is 10.1 Å². The molecule has 3 fully saturated rings. The van der Waals surface area contributed by atoms with Crippen molar-refractivity contribution >= 4 is 27.4 Å². The van der Waals surface area contributed by atoms with Gasteiger partial charge in [-0.1, -0.05) is 18.2 Å². The van der Waals surface area contributed by atoms with Crippen LogP contribution in [0.1, 0.15) is 18.4 Å². The number of fused-ring (bicyclic) bond motifs is 6. The molecule has 0 amide bonds. The maximum Gasteiger partial charge on any atom is 0.193 e. The van der Waals surface area contributed by atoms with Crippen LogP contribution >= 0.6 is 11.3 Å². The summed E-state index contributed by atoms with van der Waals surface area (Å²) in [6.07, 6.45) is 4.58. The van der Waals surface area contributed by atoms with E-state index in [-0.39, 0.29) is 0 Å². The molecule has 0 saturated carbocycles. The zero-order chi connectivity index (χ0) is 16.8. The summed E-state index contributed by atoms with van der Waals surface area (Å²) in [5, 5.41) is 7.29. The summed E-state index contributed by atoms with van der Waals surface area (Å²) in [6, 6.07) is 8.68. The maximum absolute atomic E-state index is 6.09. The molecule has 4 heterocycles. The third kappa shape index (κ3) is 2.64. The highest BCUT2D eigenvalue weighted by molar-refractivity contribution is 7.17. The van der Waals surface area contributed by atoms with Gasteiger partial charge in [0.25, 0.3) is 0 Å². The van der Waals surface area contributed by atoms with Gasteiger partial charge in [0.15, 0.2) is 5.96 Å². The first-order chi connectivity index (χ1) is 12.3. The van der Waals surface area contributed by atoms with Crippen LogP contribution in [0.3, 0.4) is 0 Å². The average Bonchev–Trinajstić information content (AvgIpc) is 3.39. The largest absolute Gasteiger partial charge is 0.374 e. The van der Waals surface area contributed by atoms with Gasteiger partial charge < -0.3 is 15.0 Å². The molecule has 4 nitrogen and oxygen atoms in total. The highest BCUT2D eigenvalue weighted by Crippen LogP contribution is 2.47. The molecule has 5 heteroatoms. The Hall–Kier alpha value is -1.59.